The summed E-state index contributed by atoms with van der Waals surface area (Å²) >= 11 is 1.88. The van der Waals surface area contributed by atoms with Gasteiger partial charge in [0.05, 0.1) is 33.4 Å². The first-order valence-electron chi connectivity index (χ1n) is 23.0. The zero-order valence-electron chi connectivity index (χ0n) is 37.1. The summed E-state index contributed by atoms with van der Waals surface area (Å²) < 4.78 is 7.41. The lowest BCUT2D eigenvalue weighted by Gasteiger charge is -2.25. The maximum atomic E-state index is 9.92. The molecule has 0 unspecified atom stereocenters. The molecule has 0 aliphatic carbocycles. The van der Waals surface area contributed by atoms with Gasteiger partial charge in [0.1, 0.15) is 0 Å². The van der Waals surface area contributed by atoms with E-state index in [1.807, 2.05) is 18.3 Å². The first-order chi connectivity index (χ1) is 33.1. The first-order valence-corrected chi connectivity index (χ1v) is 23.8. The number of aromatic nitrogens is 2. The van der Waals surface area contributed by atoms with Gasteiger partial charge >= 0.3 is 0 Å². The van der Waals surface area contributed by atoms with Crippen molar-refractivity contribution >= 4 is 80.8 Å². The molecular formula is C63H43N3S. The highest BCUT2D eigenvalue weighted by molar-refractivity contribution is 7.26. The van der Waals surface area contributed by atoms with Gasteiger partial charge in [-0.15, -0.1) is 11.3 Å². The number of nitrogens with zero attached hydrogens (tertiary/aromatic N) is 2. The molecule has 4 heteroatoms. The van der Waals surface area contributed by atoms with E-state index in [-0.39, 0.29) is 0 Å². The molecule has 0 saturated carbocycles. The molecule has 0 atom stereocenters. The summed E-state index contributed by atoms with van der Waals surface area (Å²) in [6, 6.07) is 79.4. The molecule has 3 heterocycles. The fraction of sp³-hybridized carbons (Fsp3) is 0.0317. The average molecular weight is 874 g/mol. The van der Waals surface area contributed by atoms with Crippen LogP contribution in [0.25, 0.3) is 120 Å². The second kappa shape index (κ2) is 15.4. The molecule has 10 aromatic carbocycles. The van der Waals surface area contributed by atoms with Gasteiger partial charge in [-0.2, -0.15) is 0 Å². The average Bonchev–Trinajstić information content (AvgIpc) is 4.05. The van der Waals surface area contributed by atoms with Crippen LogP contribution in [0.5, 0.6) is 0 Å². The van der Waals surface area contributed by atoms with Crippen molar-refractivity contribution in [2.45, 2.75) is 13.8 Å². The highest BCUT2D eigenvalue weighted by Crippen LogP contribution is 2.58. The summed E-state index contributed by atoms with van der Waals surface area (Å²) in [5, 5.41) is 17.1. The Morgan fingerprint density at radius 1 is 0.358 bits per heavy atom. The number of rotatable bonds is 7. The highest BCUT2D eigenvalue weighted by Gasteiger charge is 2.33. The molecule has 13 aromatic rings. The van der Waals surface area contributed by atoms with E-state index in [4.69, 9.17) is 0 Å². The second-order valence-electron chi connectivity index (χ2n) is 17.5. The molecule has 316 valence electrons. The number of para-hydroxylation sites is 4. The van der Waals surface area contributed by atoms with E-state index in [0.29, 0.717) is 5.71 Å². The van der Waals surface area contributed by atoms with E-state index in [1.54, 1.807) is 0 Å². The van der Waals surface area contributed by atoms with E-state index in [1.165, 1.54) is 64.0 Å². The number of hydrogen-bond donors (Lipinski definition) is 1. The molecule has 67 heavy (non-hydrogen) atoms. The third-order valence-electron chi connectivity index (χ3n) is 13.8. The molecule has 0 aliphatic rings. The van der Waals surface area contributed by atoms with Crippen LogP contribution < -0.4 is 0 Å². The molecule has 3 aromatic heterocycles. The Bertz CT molecular complexity index is 3990. The minimum atomic E-state index is 0.525. The topological polar surface area (TPSA) is 33.7 Å². The van der Waals surface area contributed by atoms with Gasteiger partial charge in [0.15, 0.2) is 0 Å². The molecule has 0 amide bonds. The van der Waals surface area contributed by atoms with Crippen LogP contribution in [0.4, 0.5) is 0 Å². The van der Waals surface area contributed by atoms with Crippen molar-refractivity contribution in [1.82, 2.24) is 9.13 Å². The highest BCUT2D eigenvalue weighted by atomic mass is 32.1. The summed E-state index contributed by atoms with van der Waals surface area (Å²) in [6.07, 6.45) is 0. The van der Waals surface area contributed by atoms with Gasteiger partial charge in [0, 0.05) is 58.6 Å². The predicted octanol–water partition coefficient (Wildman–Crippen LogP) is 17.6. The van der Waals surface area contributed by atoms with Crippen LogP contribution in [0.3, 0.4) is 0 Å². The molecule has 13 rings (SSSR count). The number of nitrogens with one attached hydrogen (secondary N) is 1. The second-order valence-corrected chi connectivity index (χ2v) is 18.6. The normalized spacial score (nSPS) is 11.8. The lowest BCUT2D eigenvalue weighted by atomic mass is 9.80. The number of hydrogen-bond acceptors (Lipinski definition) is 2. The molecule has 0 saturated heterocycles. The predicted molar refractivity (Wildman–Crippen MR) is 287 cm³/mol. The Hall–Kier alpha value is -8.31. The smallest absolute Gasteiger partial charge is 0.0804 e. The van der Waals surface area contributed by atoms with E-state index in [9.17, 15) is 5.41 Å². The van der Waals surface area contributed by atoms with Crippen molar-refractivity contribution < 1.29 is 0 Å². The Morgan fingerprint density at radius 2 is 0.687 bits per heavy atom. The van der Waals surface area contributed by atoms with Crippen molar-refractivity contribution in [2.24, 2.45) is 0 Å². The van der Waals surface area contributed by atoms with Gasteiger partial charge in [0.2, 0.25) is 0 Å². The minimum absolute atomic E-state index is 0.525. The molecule has 0 spiro atoms. The van der Waals surface area contributed by atoms with Crippen LogP contribution >= 0.6 is 11.3 Å². The molecule has 1 N–H and O–H groups in total. The van der Waals surface area contributed by atoms with E-state index in [0.717, 1.165) is 66.8 Å². The van der Waals surface area contributed by atoms with E-state index >= 15 is 0 Å². The number of aryl methyl sites for hydroxylation is 1. The van der Waals surface area contributed by atoms with Gasteiger partial charge in [-0.05, 0) is 82.6 Å². The minimum Gasteiger partial charge on any atom is -0.307 e. The van der Waals surface area contributed by atoms with Crippen LogP contribution in [0.2, 0.25) is 0 Å². The standard InChI is InChI=1S/C63H43N3S/c1-39-53(40(2)64)60(65-49-35-19-15-31-45(49)46-32-16-20-36-50(46)65)61(66-51-37-21-17-33-47(51)48-34-18-22-38-52(48)66)59-58-56(43-27-11-5-12-28-43)54(41-23-7-3-8-24-41)55(42-25-9-4-10-26-42)57(63(58)67-62(39)59)44-29-13-6-14-30-44/h3-38,64H,1-2H3. The Kier molecular flexibility index (Phi) is 8.99. The number of benzene rings is 10. The van der Waals surface area contributed by atoms with Crippen molar-refractivity contribution in [3.63, 3.8) is 0 Å². The zero-order valence-corrected chi connectivity index (χ0v) is 37.9. The molecular weight excluding hydrogens is 831 g/mol. The third-order valence-corrected chi connectivity index (χ3v) is 15.1. The van der Waals surface area contributed by atoms with Crippen LogP contribution in [-0.2, 0) is 0 Å². The van der Waals surface area contributed by atoms with Crippen LogP contribution in [0.15, 0.2) is 218 Å². The third kappa shape index (κ3) is 5.80. The lowest BCUT2D eigenvalue weighted by molar-refractivity contribution is 1.10. The summed E-state index contributed by atoms with van der Waals surface area (Å²) in [5.41, 5.74) is 18.5. The van der Waals surface area contributed by atoms with Gasteiger partial charge < -0.3 is 14.5 Å². The fourth-order valence-electron chi connectivity index (χ4n) is 11.1. The van der Waals surface area contributed by atoms with Crippen LogP contribution in [0.1, 0.15) is 18.1 Å². The maximum Gasteiger partial charge on any atom is 0.0804 e. The van der Waals surface area contributed by atoms with Gasteiger partial charge in [-0.3, -0.25) is 0 Å². The molecule has 0 bridgehead atoms. The largest absolute Gasteiger partial charge is 0.307 e. The van der Waals surface area contributed by atoms with Crippen molar-refractivity contribution in [2.75, 3.05) is 0 Å². The quantitative estimate of drug-likeness (QED) is 0.155. The molecule has 0 radical (unpaired) electrons. The van der Waals surface area contributed by atoms with Gasteiger partial charge in [0.25, 0.3) is 0 Å². The van der Waals surface area contributed by atoms with Crippen molar-refractivity contribution in [3.05, 3.63) is 230 Å². The molecule has 3 nitrogen and oxygen atoms in total. The van der Waals surface area contributed by atoms with Crippen molar-refractivity contribution in [1.29, 1.82) is 5.41 Å². The monoisotopic (exact) mass is 873 g/mol. The molecule has 0 aliphatic heterocycles. The van der Waals surface area contributed by atoms with Gasteiger partial charge in [-0.1, -0.05) is 194 Å². The van der Waals surface area contributed by atoms with Crippen LogP contribution in [0, 0.1) is 12.3 Å². The maximum absolute atomic E-state index is 9.92. The fourth-order valence-corrected chi connectivity index (χ4v) is 12.5. The number of fused-ring (bicyclic) bond motifs is 9. The Morgan fingerprint density at radius 3 is 1.09 bits per heavy atom. The van der Waals surface area contributed by atoms with Crippen LogP contribution in [-0.4, -0.2) is 14.8 Å². The lowest BCUT2D eigenvalue weighted by Crippen LogP contribution is -2.12. The molecule has 0 fully saturated rings. The summed E-state index contributed by atoms with van der Waals surface area (Å²) in [4.78, 5) is 0. The summed E-state index contributed by atoms with van der Waals surface area (Å²) in [6.45, 7) is 4.24. The number of thiophene rings is 1. The van der Waals surface area contributed by atoms with E-state index in [2.05, 4.69) is 234 Å². The van der Waals surface area contributed by atoms with Gasteiger partial charge in [-0.25, -0.2) is 0 Å². The SMILES string of the molecule is CC(=N)c1c(-n2c3ccccc3c3ccccc32)c(-n2c3ccccc3c3ccccc32)c2c(sc3c(-c4ccccc4)c(-c4ccccc4)c(-c4ccccc4)c(-c4ccccc4)c32)c1C. The zero-order chi connectivity index (χ0) is 44.8. The van der Waals surface area contributed by atoms with Crippen molar-refractivity contribution in [3.8, 4) is 55.9 Å². The Balaban J connectivity index is 1.40. The van der Waals surface area contributed by atoms with E-state index < -0.39 is 0 Å². The summed E-state index contributed by atoms with van der Waals surface area (Å²) in [5.74, 6) is 0. The first kappa shape index (κ1) is 39.1. The Labute approximate surface area is 392 Å². The summed E-state index contributed by atoms with van der Waals surface area (Å²) in [7, 11) is 0.